The Hall–Kier alpha value is -2.61. The third kappa shape index (κ3) is 7.54. The first-order chi connectivity index (χ1) is 14.6. The van der Waals surface area contributed by atoms with Gasteiger partial charge in [-0.25, -0.2) is 12.8 Å². The van der Waals surface area contributed by atoms with Crippen molar-refractivity contribution in [2.24, 2.45) is 0 Å². The first kappa shape index (κ1) is 24.7. The van der Waals surface area contributed by atoms with E-state index in [4.69, 9.17) is 4.74 Å². The van der Waals surface area contributed by atoms with E-state index in [1.165, 1.54) is 34.8 Å². The molecular weight excluding hydrogens is 419 g/mol. The van der Waals surface area contributed by atoms with Gasteiger partial charge in [0.2, 0.25) is 15.9 Å². The monoisotopic (exact) mass is 450 g/mol. The van der Waals surface area contributed by atoms with Crippen LogP contribution in [0.4, 0.5) is 10.1 Å². The molecule has 2 rings (SSSR count). The molecule has 6 nitrogen and oxygen atoms in total. The average molecular weight is 451 g/mol. The number of hydrogen-bond donors (Lipinski definition) is 1. The largest absolute Gasteiger partial charge is 0.492 e. The SMILES string of the molecule is Cc1cccc(C(C)C)c1N(CCCC(=O)NCCOc1ccc(F)cc1)S(C)(=O)=O. The molecule has 0 spiro atoms. The van der Waals surface area contributed by atoms with Gasteiger partial charge in [0.05, 0.1) is 18.5 Å². The normalized spacial score (nSPS) is 11.4. The number of rotatable bonds is 11. The van der Waals surface area contributed by atoms with Crippen molar-refractivity contribution in [3.8, 4) is 5.75 Å². The lowest BCUT2D eigenvalue weighted by molar-refractivity contribution is -0.121. The molecule has 31 heavy (non-hydrogen) atoms. The molecule has 0 saturated heterocycles. The fourth-order valence-electron chi connectivity index (χ4n) is 3.29. The lowest BCUT2D eigenvalue weighted by Gasteiger charge is -2.28. The van der Waals surface area contributed by atoms with Gasteiger partial charge in [-0.1, -0.05) is 32.0 Å². The van der Waals surface area contributed by atoms with Crippen LogP contribution in [0, 0.1) is 12.7 Å². The molecule has 0 aliphatic carbocycles. The number of aryl methyl sites for hydroxylation is 1. The van der Waals surface area contributed by atoms with Crippen LogP contribution in [0.15, 0.2) is 42.5 Å². The molecule has 170 valence electrons. The molecule has 0 radical (unpaired) electrons. The van der Waals surface area contributed by atoms with E-state index >= 15 is 0 Å². The molecule has 0 saturated carbocycles. The number of nitrogens with one attached hydrogen (secondary N) is 1. The van der Waals surface area contributed by atoms with E-state index in [2.05, 4.69) is 5.32 Å². The number of benzene rings is 2. The van der Waals surface area contributed by atoms with Crippen molar-refractivity contribution in [2.75, 3.05) is 30.3 Å². The summed E-state index contributed by atoms with van der Waals surface area (Å²) in [5, 5.41) is 2.75. The van der Waals surface area contributed by atoms with Crippen molar-refractivity contribution in [3.05, 3.63) is 59.4 Å². The second-order valence-corrected chi connectivity index (χ2v) is 9.67. The van der Waals surface area contributed by atoms with Gasteiger partial charge in [-0.05, 0) is 54.7 Å². The summed E-state index contributed by atoms with van der Waals surface area (Å²) < 4.78 is 44.7. The molecule has 1 amide bonds. The van der Waals surface area contributed by atoms with Gasteiger partial charge in [-0.2, -0.15) is 0 Å². The lowest BCUT2D eigenvalue weighted by Crippen LogP contribution is -2.34. The predicted octanol–water partition coefficient (Wildman–Crippen LogP) is 4.00. The zero-order valence-corrected chi connectivity index (χ0v) is 19.3. The second-order valence-electron chi connectivity index (χ2n) is 7.76. The number of amides is 1. The van der Waals surface area contributed by atoms with E-state index in [0.29, 0.717) is 24.4 Å². The summed E-state index contributed by atoms with van der Waals surface area (Å²) in [4.78, 5) is 12.1. The van der Waals surface area contributed by atoms with Crippen LogP contribution in [0.2, 0.25) is 0 Å². The fraction of sp³-hybridized carbons (Fsp3) is 0.435. The maximum absolute atomic E-state index is 12.9. The van der Waals surface area contributed by atoms with Crippen molar-refractivity contribution in [1.29, 1.82) is 0 Å². The minimum Gasteiger partial charge on any atom is -0.492 e. The predicted molar refractivity (Wildman–Crippen MR) is 122 cm³/mol. The van der Waals surface area contributed by atoms with Gasteiger partial charge in [0, 0.05) is 13.0 Å². The van der Waals surface area contributed by atoms with Gasteiger partial charge >= 0.3 is 0 Å². The number of para-hydroxylation sites is 1. The van der Waals surface area contributed by atoms with Gasteiger partial charge in [-0.3, -0.25) is 9.10 Å². The van der Waals surface area contributed by atoms with Crippen molar-refractivity contribution in [3.63, 3.8) is 0 Å². The molecule has 1 N–H and O–H groups in total. The number of carbonyl (C=O) groups is 1. The topological polar surface area (TPSA) is 75.7 Å². The van der Waals surface area contributed by atoms with Gasteiger partial charge in [0.25, 0.3) is 0 Å². The molecule has 0 fully saturated rings. The van der Waals surface area contributed by atoms with Crippen LogP contribution in [-0.4, -0.2) is 40.3 Å². The van der Waals surface area contributed by atoms with Crippen LogP contribution in [-0.2, 0) is 14.8 Å². The molecule has 0 atom stereocenters. The third-order valence-electron chi connectivity index (χ3n) is 4.81. The summed E-state index contributed by atoms with van der Waals surface area (Å²) in [6.07, 6.45) is 1.78. The van der Waals surface area contributed by atoms with Crippen LogP contribution in [0.3, 0.4) is 0 Å². The maximum Gasteiger partial charge on any atom is 0.232 e. The van der Waals surface area contributed by atoms with E-state index in [-0.39, 0.29) is 37.2 Å². The van der Waals surface area contributed by atoms with E-state index in [1.54, 1.807) is 0 Å². The standard InChI is InChI=1S/C23H31FN2O4S/c1-17(2)21-8-5-7-18(3)23(21)26(31(4,28)29)15-6-9-22(27)25-14-16-30-20-12-10-19(24)11-13-20/h5,7-8,10-13,17H,6,9,14-16H2,1-4H3,(H,25,27). The Kier molecular flexibility index (Phi) is 8.86. The number of ether oxygens (including phenoxy) is 1. The molecule has 0 heterocycles. The van der Waals surface area contributed by atoms with Crippen molar-refractivity contribution in [2.45, 2.75) is 39.5 Å². The molecule has 0 aliphatic heterocycles. The third-order valence-corrected chi connectivity index (χ3v) is 5.98. The molecule has 8 heteroatoms. The Labute approximate surface area is 184 Å². The van der Waals surface area contributed by atoms with Crippen molar-refractivity contribution < 1.29 is 22.3 Å². The Morgan fingerprint density at radius 1 is 1.16 bits per heavy atom. The molecule has 0 unspecified atom stereocenters. The molecule has 2 aromatic carbocycles. The highest BCUT2D eigenvalue weighted by atomic mass is 32.2. The first-order valence-corrected chi connectivity index (χ1v) is 12.2. The van der Waals surface area contributed by atoms with Gasteiger partial charge in [0.1, 0.15) is 18.2 Å². The van der Waals surface area contributed by atoms with E-state index in [9.17, 15) is 17.6 Å². The highest BCUT2D eigenvalue weighted by molar-refractivity contribution is 7.92. The van der Waals surface area contributed by atoms with Gasteiger partial charge in [-0.15, -0.1) is 0 Å². The number of carbonyl (C=O) groups excluding carboxylic acids is 1. The minimum absolute atomic E-state index is 0.170. The zero-order chi connectivity index (χ0) is 23.0. The molecule has 0 aromatic heterocycles. The first-order valence-electron chi connectivity index (χ1n) is 10.3. The van der Waals surface area contributed by atoms with Crippen molar-refractivity contribution >= 4 is 21.6 Å². The van der Waals surface area contributed by atoms with E-state index in [1.807, 2.05) is 39.0 Å². The lowest BCUT2D eigenvalue weighted by atomic mass is 9.98. The highest BCUT2D eigenvalue weighted by Gasteiger charge is 2.23. The quantitative estimate of drug-likeness (QED) is 0.525. The van der Waals surface area contributed by atoms with E-state index < -0.39 is 10.0 Å². The van der Waals surface area contributed by atoms with Crippen LogP contribution in [0.25, 0.3) is 0 Å². The molecule has 2 aromatic rings. The summed E-state index contributed by atoms with van der Waals surface area (Å²) in [7, 11) is -3.49. The number of hydrogen-bond acceptors (Lipinski definition) is 4. The fourth-order valence-corrected chi connectivity index (χ4v) is 4.34. The smallest absolute Gasteiger partial charge is 0.232 e. The highest BCUT2D eigenvalue weighted by Crippen LogP contribution is 2.32. The number of sulfonamides is 1. The average Bonchev–Trinajstić information content (AvgIpc) is 2.69. The molecule has 0 bridgehead atoms. The van der Waals surface area contributed by atoms with Crippen LogP contribution in [0.1, 0.15) is 43.7 Å². The summed E-state index contributed by atoms with van der Waals surface area (Å²) in [5.74, 6) is 0.183. The van der Waals surface area contributed by atoms with Crippen LogP contribution >= 0.6 is 0 Å². The Bertz CT molecular complexity index is 976. The zero-order valence-electron chi connectivity index (χ0n) is 18.5. The summed E-state index contributed by atoms with van der Waals surface area (Å²) in [5.41, 5.74) is 2.56. The van der Waals surface area contributed by atoms with E-state index in [0.717, 1.165) is 11.1 Å². The number of nitrogens with zero attached hydrogens (tertiary/aromatic N) is 1. The van der Waals surface area contributed by atoms with Crippen LogP contribution in [0.5, 0.6) is 5.75 Å². The summed E-state index contributed by atoms with van der Waals surface area (Å²) >= 11 is 0. The Balaban J connectivity index is 1.88. The van der Waals surface area contributed by atoms with Crippen molar-refractivity contribution in [1.82, 2.24) is 5.32 Å². The molecule has 0 aliphatic rings. The van der Waals surface area contributed by atoms with Gasteiger partial charge < -0.3 is 10.1 Å². The summed E-state index contributed by atoms with van der Waals surface area (Å²) in [6.45, 7) is 6.74. The second kappa shape index (κ2) is 11.1. The maximum atomic E-state index is 12.9. The summed E-state index contributed by atoms with van der Waals surface area (Å²) in [6, 6.07) is 11.4. The minimum atomic E-state index is -3.49. The van der Waals surface area contributed by atoms with Gasteiger partial charge in [0.15, 0.2) is 0 Å². The van der Waals surface area contributed by atoms with Crippen LogP contribution < -0.4 is 14.4 Å². The number of anilines is 1. The molecular formula is C23H31FN2O4S. The Morgan fingerprint density at radius 2 is 1.84 bits per heavy atom. The Morgan fingerprint density at radius 3 is 2.45 bits per heavy atom. The number of halogens is 1.